The molecule has 1 heterocycles. The van der Waals surface area contributed by atoms with E-state index >= 15 is 0 Å². The molecule has 0 aliphatic carbocycles. The Bertz CT molecular complexity index is 569. The molecule has 6 heteroatoms. The second-order valence-corrected chi connectivity index (χ2v) is 4.80. The molecule has 0 saturated heterocycles. The highest BCUT2D eigenvalue weighted by molar-refractivity contribution is 5.77. The van der Waals surface area contributed by atoms with Gasteiger partial charge < -0.3 is 15.8 Å². The number of ether oxygens (including phenoxy) is 1. The number of hydrogen-bond acceptors (Lipinski definition) is 4. The van der Waals surface area contributed by atoms with E-state index in [9.17, 15) is 4.79 Å². The van der Waals surface area contributed by atoms with E-state index in [-0.39, 0.29) is 18.6 Å². The van der Waals surface area contributed by atoms with E-state index in [1.165, 1.54) is 0 Å². The summed E-state index contributed by atoms with van der Waals surface area (Å²) < 4.78 is 7.28. The van der Waals surface area contributed by atoms with E-state index in [0.717, 1.165) is 5.56 Å². The van der Waals surface area contributed by atoms with Crippen LogP contribution in [0.5, 0.6) is 5.75 Å². The fraction of sp³-hybridized carbons (Fsp3) is 0.333. The number of para-hydroxylation sites is 1. The van der Waals surface area contributed by atoms with Crippen LogP contribution in [-0.2, 0) is 17.9 Å². The van der Waals surface area contributed by atoms with Gasteiger partial charge in [0.1, 0.15) is 5.75 Å². The summed E-state index contributed by atoms with van der Waals surface area (Å²) >= 11 is 0. The van der Waals surface area contributed by atoms with Crippen molar-refractivity contribution in [2.45, 2.75) is 26.1 Å². The zero-order valence-electron chi connectivity index (χ0n) is 12.0. The fourth-order valence-electron chi connectivity index (χ4n) is 2.01. The zero-order chi connectivity index (χ0) is 15.1. The minimum atomic E-state index is -0.165. The lowest BCUT2D eigenvalue weighted by Crippen LogP contribution is -2.38. The first-order valence-electron chi connectivity index (χ1n) is 6.86. The third-order valence-electron chi connectivity index (χ3n) is 2.98. The van der Waals surface area contributed by atoms with Gasteiger partial charge in [0.05, 0.1) is 6.54 Å². The van der Waals surface area contributed by atoms with Crippen molar-refractivity contribution in [1.29, 1.82) is 0 Å². The van der Waals surface area contributed by atoms with E-state index in [1.54, 1.807) is 10.9 Å². The molecule has 2 aromatic rings. The van der Waals surface area contributed by atoms with Crippen molar-refractivity contribution in [2.75, 3.05) is 6.61 Å². The van der Waals surface area contributed by atoms with Crippen LogP contribution in [0.25, 0.3) is 0 Å². The largest absolute Gasteiger partial charge is 0.483 e. The third kappa shape index (κ3) is 4.61. The van der Waals surface area contributed by atoms with Gasteiger partial charge in [-0.1, -0.05) is 18.2 Å². The summed E-state index contributed by atoms with van der Waals surface area (Å²) in [6.07, 6.45) is 3.57. The van der Waals surface area contributed by atoms with Crippen LogP contribution in [0.1, 0.15) is 12.5 Å². The van der Waals surface area contributed by atoms with Crippen LogP contribution < -0.4 is 15.8 Å². The summed E-state index contributed by atoms with van der Waals surface area (Å²) in [6, 6.07) is 9.26. The van der Waals surface area contributed by atoms with Crippen molar-refractivity contribution >= 4 is 5.91 Å². The molecule has 1 aromatic heterocycles. The van der Waals surface area contributed by atoms with Crippen LogP contribution in [0.2, 0.25) is 0 Å². The Morgan fingerprint density at radius 3 is 2.95 bits per heavy atom. The topological polar surface area (TPSA) is 82.2 Å². The van der Waals surface area contributed by atoms with Gasteiger partial charge in [0.15, 0.2) is 6.61 Å². The number of rotatable bonds is 7. The summed E-state index contributed by atoms with van der Waals surface area (Å²) in [4.78, 5) is 11.9. The van der Waals surface area contributed by atoms with Crippen molar-refractivity contribution in [3.63, 3.8) is 0 Å². The molecule has 0 bridgehead atoms. The SMILES string of the molecule is CC(Cn1cccn1)NC(=O)COc1ccccc1CN. The molecule has 0 aliphatic heterocycles. The second-order valence-electron chi connectivity index (χ2n) is 4.80. The van der Waals surface area contributed by atoms with Crippen molar-refractivity contribution in [3.8, 4) is 5.75 Å². The molecule has 3 N–H and O–H groups in total. The molecule has 112 valence electrons. The number of nitrogens with zero attached hydrogens (tertiary/aromatic N) is 2. The predicted molar refractivity (Wildman–Crippen MR) is 79.7 cm³/mol. The summed E-state index contributed by atoms with van der Waals surface area (Å²) in [6.45, 7) is 2.90. The lowest BCUT2D eigenvalue weighted by atomic mass is 10.2. The first-order chi connectivity index (χ1) is 10.2. The van der Waals surface area contributed by atoms with Crippen LogP contribution in [0, 0.1) is 0 Å². The molecule has 0 radical (unpaired) electrons. The summed E-state index contributed by atoms with van der Waals surface area (Å²) in [7, 11) is 0. The lowest BCUT2D eigenvalue weighted by molar-refractivity contribution is -0.123. The maximum Gasteiger partial charge on any atom is 0.258 e. The van der Waals surface area contributed by atoms with E-state index in [0.29, 0.717) is 18.8 Å². The summed E-state index contributed by atoms with van der Waals surface area (Å²) in [5.74, 6) is 0.483. The number of benzene rings is 1. The van der Waals surface area contributed by atoms with Crippen LogP contribution in [0.4, 0.5) is 0 Å². The summed E-state index contributed by atoms with van der Waals surface area (Å²) in [5.41, 5.74) is 6.51. The monoisotopic (exact) mass is 288 g/mol. The molecule has 1 aromatic carbocycles. The van der Waals surface area contributed by atoms with Crippen molar-refractivity contribution in [2.24, 2.45) is 5.73 Å². The Labute approximate surface area is 123 Å². The molecular weight excluding hydrogens is 268 g/mol. The van der Waals surface area contributed by atoms with Gasteiger partial charge in [-0.2, -0.15) is 5.10 Å². The van der Waals surface area contributed by atoms with Gasteiger partial charge in [-0.25, -0.2) is 0 Å². The van der Waals surface area contributed by atoms with Crippen LogP contribution in [0.15, 0.2) is 42.7 Å². The molecule has 1 atom stereocenters. The van der Waals surface area contributed by atoms with Crippen LogP contribution in [0.3, 0.4) is 0 Å². The molecule has 0 saturated carbocycles. The second kappa shape index (κ2) is 7.44. The van der Waals surface area contributed by atoms with Crippen molar-refractivity contribution in [3.05, 3.63) is 48.3 Å². The zero-order valence-corrected chi connectivity index (χ0v) is 12.0. The highest BCUT2D eigenvalue weighted by Crippen LogP contribution is 2.16. The van der Waals surface area contributed by atoms with Gasteiger partial charge in [0.25, 0.3) is 5.91 Å². The molecule has 6 nitrogen and oxygen atoms in total. The number of carbonyl (C=O) groups excluding carboxylic acids is 1. The number of amides is 1. The Morgan fingerprint density at radius 2 is 2.24 bits per heavy atom. The number of aromatic nitrogens is 2. The molecule has 1 amide bonds. The lowest BCUT2D eigenvalue weighted by Gasteiger charge is -2.15. The predicted octanol–water partition coefficient (Wildman–Crippen LogP) is 0.925. The van der Waals surface area contributed by atoms with Crippen LogP contribution >= 0.6 is 0 Å². The number of nitrogens with two attached hydrogens (primary N) is 1. The number of nitrogens with one attached hydrogen (secondary N) is 1. The molecule has 2 rings (SSSR count). The first-order valence-corrected chi connectivity index (χ1v) is 6.86. The van der Waals surface area contributed by atoms with Crippen molar-refractivity contribution in [1.82, 2.24) is 15.1 Å². The fourth-order valence-corrected chi connectivity index (χ4v) is 2.01. The van der Waals surface area contributed by atoms with Gasteiger partial charge in [-0.3, -0.25) is 9.48 Å². The van der Waals surface area contributed by atoms with E-state index < -0.39 is 0 Å². The van der Waals surface area contributed by atoms with Crippen LogP contribution in [-0.4, -0.2) is 28.3 Å². The Balaban J connectivity index is 1.79. The van der Waals surface area contributed by atoms with Gasteiger partial charge >= 0.3 is 0 Å². The van der Waals surface area contributed by atoms with Gasteiger partial charge in [0, 0.05) is 30.5 Å². The molecular formula is C15H20N4O2. The van der Waals surface area contributed by atoms with Gasteiger partial charge in [0.2, 0.25) is 0 Å². The normalized spacial score (nSPS) is 11.9. The Hall–Kier alpha value is -2.34. The third-order valence-corrected chi connectivity index (χ3v) is 2.98. The Kier molecular flexibility index (Phi) is 5.34. The average Bonchev–Trinajstić information content (AvgIpc) is 2.98. The average molecular weight is 288 g/mol. The highest BCUT2D eigenvalue weighted by atomic mass is 16.5. The highest BCUT2D eigenvalue weighted by Gasteiger charge is 2.10. The molecule has 0 aliphatic rings. The molecule has 21 heavy (non-hydrogen) atoms. The van der Waals surface area contributed by atoms with E-state index in [2.05, 4.69) is 10.4 Å². The first kappa shape index (κ1) is 15.1. The number of hydrogen-bond donors (Lipinski definition) is 2. The quantitative estimate of drug-likeness (QED) is 0.794. The van der Waals surface area contributed by atoms with E-state index in [1.807, 2.05) is 43.5 Å². The van der Waals surface area contributed by atoms with E-state index in [4.69, 9.17) is 10.5 Å². The van der Waals surface area contributed by atoms with Gasteiger partial charge in [-0.05, 0) is 19.1 Å². The Morgan fingerprint density at radius 1 is 1.43 bits per heavy atom. The molecule has 1 unspecified atom stereocenters. The molecule has 0 fully saturated rings. The maximum atomic E-state index is 11.9. The maximum absolute atomic E-state index is 11.9. The molecule has 0 spiro atoms. The summed E-state index contributed by atoms with van der Waals surface area (Å²) in [5, 5.41) is 6.97. The van der Waals surface area contributed by atoms with Crippen molar-refractivity contribution < 1.29 is 9.53 Å². The number of carbonyl (C=O) groups is 1. The minimum Gasteiger partial charge on any atom is -0.483 e. The van der Waals surface area contributed by atoms with Gasteiger partial charge in [-0.15, -0.1) is 0 Å². The minimum absolute atomic E-state index is 0.0225. The standard InChI is InChI=1S/C15H20N4O2/c1-12(10-19-8-4-7-17-19)18-15(20)11-21-14-6-3-2-5-13(14)9-16/h2-8,12H,9-11,16H2,1H3,(H,18,20). The smallest absolute Gasteiger partial charge is 0.258 e.